The molecule has 2 unspecified atom stereocenters. The first-order chi connectivity index (χ1) is 24.2. The Kier molecular flexibility index (Phi) is 11.2. The number of esters is 1. The lowest BCUT2D eigenvalue weighted by Gasteiger charge is -2.55. The van der Waals surface area contributed by atoms with Crippen molar-refractivity contribution in [3.8, 4) is 17.2 Å². The van der Waals surface area contributed by atoms with Gasteiger partial charge in [-0.3, -0.25) is 9.59 Å². The summed E-state index contributed by atoms with van der Waals surface area (Å²) in [6, 6.07) is 9.66. The second-order valence-electron chi connectivity index (χ2n) is 17.1. The molecule has 9 nitrogen and oxygen atoms in total. The summed E-state index contributed by atoms with van der Waals surface area (Å²) in [4.78, 5) is 46.2. The van der Waals surface area contributed by atoms with E-state index in [2.05, 4.69) is 75.4 Å². The molecule has 1 saturated heterocycles. The molecule has 0 aromatic heterocycles. The number of ether oxygens (including phenoxy) is 3. The van der Waals surface area contributed by atoms with Crippen molar-refractivity contribution in [2.75, 3.05) is 21.3 Å². The van der Waals surface area contributed by atoms with E-state index in [0.717, 1.165) is 4.90 Å². The fraction of sp³-hybridized carbons (Fsp3) is 0.625. The SMILES string of the molecule is COC(=O)C1C[C@]2(O[Si](C)(C)C(C)(C)C)C(Sc3ccccc3OC)CC(=O)[C@H]3c4cc(OC)c(O[Si](C(C)C)(C(C)C)C(C)C)cc4C(=O)N1[C@@H]32. The van der Waals surface area contributed by atoms with Crippen LogP contribution in [0.4, 0.5) is 0 Å². The molecule has 1 saturated carbocycles. The highest BCUT2D eigenvalue weighted by Crippen LogP contribution is 2.60. The van der Waals surface area contributed by atoms with Crippen molar-refractivity contribution < 1.29 is 37.4 Å². The molecule has 0 N–H and O–H groups in total. The lowest BCUT2D eigenvalue weighted by atomic mass is 9.67. The first-order valence-corrected chi connectivity index (χ1v) is 24.5. The fourth-order valence-electron chi connectivity index (χ4n) is 9.07. The third kappa shape index (κ3) is 6.43. The number of thioether (sulfide) groups is 1. The Morgan fingerprint density at radius 2 is 1.50 bits per heavy atom. The quantitative estimate of drug-likeness (QED) is 0.155. The van der Waals surface area contributed by atoms with Crippen molar-refractivity contribution >= 4 is 46.1 Å². The summed E-state index contributed by atoms with van der Waals surface area (Å²) in [7, 11) is -0.486. The largest absolute Gasteiger partial charge is 0.540 e. The molecule has 0 bridgehead atoms. The smallest absolute Gasteiger partial charge is 0.328 e. The van der Waals surface area contributed by atoms with Crippen molar-refractivity contribution in [2.24, 2.45) is 0 Å². The van der Waals surface area contributed by atoms with Crippen molar-refractivity contribution in [1.29, 1.82) is 0 Å². The van der Waals surface area contributed by atoms with E-state index in [-0.39, 0.29) is 46.2 Å². The van der Waals surface area contributed by atoms with Crippen molar-refractivity contribution in [3.05, 3.63) is 47.5 Å². The molecule has 52 heavy (non-hydrogen) atoms. The van der Waals surface area contributed by atoms with Crippen LogP contribution in [0.3, 0.4) is 0 Å². The predicted molar refractivity (Wildman–Crippen MR) is 211 cm³/mol. The zero-order chi connectivity index (χ0) is 38.7. The predicted octanol–water partition coefficient (Wildman–Crippen LogP) is 9.01. The maximum Gasteiger partial charge on any atom is 0.328 e. The number of rotatable bonds is 12. The Morgan fingerprint density at radius 3 is 2.04 bits per heavy atom. The zero-order valence-electron chi connectivity index (χ0n) is 33.5. The summed E-state index contributed by atoms with van der Waals surface area (Å²) in [5.74, 6) is 0.0786. The van der Waals surface area contributed by atoms with Gasteiger partial charge >= 0.3 is 5.97 Å². The monoisotopic (exact) mass is 769 g/mol. The highest BCUT2D eigenvalue weighted by atomic mass is 32.2. The van der Waals surface area contributed by atoms with Crippen LogP contribution in [0.1, 0.15) is 97.0 Å². The number of fused-ring (bicyclic) bond motifs is 2. The second kappa shape index (κ2) is 14.4. The molecule has 12 heteroatoms. The third-order valence-electron chi connectivity index (χ3n) is 12.4. The Morgan fingerprint density at radius 1 is 0.904 bits per heavy atom. The van der Waals surface area contributed by atoms with Crippen LogP contribution in [0, 0.1) is 0 Å². The van der Waals surface area contributed by atoms with Gasteiger partial charge in [-0.15, -0.1) is 11.8 Å². The Balaban J connectivity index is 1.77. The average molecular weight is 770 g/mol. The maximum atomic E-state index is 15.1. The molecule has 1 aliphatic carbocycles. The molecule has 0 spiro atoms. The molecule has 2 aromatic carbocycles. The minimum absolute atomic E-state index is 0.0119. The lowest BCUT2D eigenvalue weighted by molar-refractivity contribution is -0.146. The number of hydrogen-bond donors (Lipinski definition) is 0. The second-order valence-corrected chi connectivity index (χ2v) is 28.5. The van der Waals surface area contributed by atoms with Crippen molar-refractivity contribution in [1.82, 2.24) is 4.90 Å². The molecule has 2 aliphatic heterocycles. The van der Waals surface area contributed by atoms with Gasteiger partial charge < -0.3 is 28.0 Å². The topological polar surface area (TPSA) is 101 Å². The van der Waals surface area contributed by atoms with E-state index in [4.69, 9.17) is 23.1 Å². The average Bonchev–Trinajstić information content (AvgIpc) is 3.41. The van der Waals surface area contributed by atoms with E-state index < -0.39 is 51.5 Å². The van der Waals surface area contributed by atoms with Gasteiger partial charge in [0.05, 0.1) is 38.9 Å². The van der Waals surface area contributed by atoms with Gasteiger partial charge in [0.1, 0.15) is 23.3 Å². The van der Waals surface area contributed by atoms with E-state index in [0.29, 0.717) is 28.4 Å². The van der Waals surface area contributed by atoms with Gasteiger partial charge in [-0.2, -0.15) is 0 Å². The summed E-state index contributed by atoms with van der Waals surface area (Å²) in [5, 5.41) is -0.615. The summed E-state index contributed by atoms with van der Waals surface area (Å²) >= 11 is 1.53. The number of ketones is 1. The molecular formula is C40H59NO8SSi2. The summed E-state index contributed by atoms with van der Waals surface area (Å²) in [6.45, 7) is 24.2. The number of methoxy groups -OCH3 is 3. The number of hydrogen-bond acceptors (Lipinski definition) is 9. The van der Waals surface area contributed by atoms with Crippen LogP contribution in [0.2, 0.25) is 34.8 Å². The number of carbonyl (C=O) groups is 3. The summed E-state index contributed by atoms with van der Waals surface area (Å²) in [5.41, 5.74) is 0.735. The van der Waals surface area contributed by atoms with E-state index in [1.54, 1.807) is 25.2 Å². The molecule has 1 amide bonds. The van der Waals surface area contributed by atoms with Gasteiger partial charge in [-0.05, 0) is 64.6 Å². The van der Waals surface area contributed by atoms with Gasteiger partial charge in [0, 0.05) is 28.6 Å². The normalized spacial score (nSPS) is 24.7. The molecule has 2 aromatic rings. The zero-order valence-corrected chi connectivity index (χ0v) is 36.4. The molecule has 5 rings (SSSR count). The highest BCUT2D eigenvalue weighted by molar-refractivity contribution is 8.00. The van der Waals surface area contributed by atoms with Gasteiger partial charge in [-0.25, -0.2) is 4.79 Å². The van der Waals surface area contributed by atoms with Crippen LogP contribution in [-0.4, -0.2) is 83.5 Å². The van der Waals surface area contributed by atoms with Crippen LogP contribution >= 0.6 is 11.8 Å². The standard InChI is InChI=1S/C40H59NO8SSi2/c1-23(2)52(24(3)4,25(5)6)48-32-20-27-26(19-31(32)46-11)35-29(42)21-34(50-33-18-16-15-17-30(33)45-10)40(49-51(13,14)39(7,8)9)22-28(38(44)47-12)41(36(35)40)37(27)43/h15-20,23-25,28,34-36H,21-22H2,1-14H3/t28?,34?,35-,36+,40+/m1/s1. The number of benzene rings is 2. The van der Waals surface area contributed by atoms with E-state index in [9.17, 15) is 9.59 Å². The number of nitrogens with zero attached hydrogens (tertiary/aromatic N) is 1. The Hall–Kier alpha value is -2.81. The maximum absolute atomic E-state index is 15.1. The highest BCUT2D eigenvalue weighted by Gasteiger charge is 2.70. The minimum atomic E-state index is -2.60. The first kappa shape index (κ1) is 40.4. The van der Waals surface area contributed by atoms with E-state index in [1.165, 1.54) is 18.9 Å². The molecule has 5 atom stereocenters. The number of amides is 1. The van der Waals surface area contributed by atoms with Crippen LogP contribution < -0.4 is 13.9 Å². The first-order valence-electron chi connectivity index (χ1n) is 18.6. The number of carbonyl (C=O) groups excluding carboxylic acids is 3. The Bertz CT molecular complexity index is 1680. The summed E-state index contributed by atoms with van der Waals surface area (Å²) < 4.78 is 31.9. The van der Waals surface area contributed by atoms with Gasteiger partial charge in [-0.1, -0.05) is 74.4 Å². The molecular weight excluding hydrogens is 711 g/mol. The van der Waals surface area contributed by atoms with E-state index >= 15 is 4.79 Å². The number of Topliss-reactive ketones (excluding diaryl/α,β-unsaturated/α-hetero) is 1. The van der Waals surface area contributed by atoms with Crippen LogP contribution in [0.25, 0.3) is 0 Å². The van der Waals surface area contributed by atoms with Gasteiger partial charge in [0.2, 0.25) is 0 Å². The van der Waals surface area contributed by atoms with Gasteiger partial charge in [0.15, 0.2) is 14.1 Å². The lowest BCUT2D eigenvalue weighted by Crippen LogP contribution is -2.67. The Labute approximate surface area is 317 Å². The van der Waals surface area contributed by atoms with Crippen molar-refractivity contribution in [3.63, 3.8) is 0 Å². The fourth-order valence-corrected chi connectivity index (χ4v) is 17.5. The molecule has 2 heterocycles. The van der Waals surface area contributed by atoms with Gasteiger partial charge in [0.25, 0.3) is 14.2 Å². The summed E-state index contributed by atoms with van der Waals surface area (Å²) in [6.07, 6.45) is 0.385. The minimum Gasteiger partial charge on any atom is -0.540 e. The van der Waals surface area contributed by atoms with Crippen LogP contribution in [0.5, 0.6) is 17.2 Å². The molecule has 0 radical (unpaired) electrons. The third-order valence-corrected chi connectivity index (χ3v) is 24.4. The van der Waals surface area contributed by atoms with Crippen LogP contribution in [0.15, 0.2) is 41.3 Å². The molecule has 286 valence electrons. The molecule has 2 fully saturated rings. The van der Waals surface area contributed by atoms with Crippen molar-refractivity contribution in [2.45, 2.75) is 144 Å². The molecule has 3 aliphatic rings. The van der Waals surface area contributed by atoms with E-state index in [1.807, 2.05) is 30.3 Å². The van der Waals surface area contributed by atoms with Crippen LogP contribution in [-0.2, 0) is 18.8 Å². The number of para-hydroxylation sites is 1.